The van der Waals surface area contributed by atoms with E-state index in [4.69, 9.17) is 9.47 Å². The zero-order valence-electron chi connectivity index (χ0n) is 11.2. The van der Waals surface area contributed by atoms with Gasteiger partial charge in [0.2, 0.25) is 5.88 Å². The van der Waals surface area contributed by atoms with Crippen LogP contribution in [0.15, 0.2) is 42.5 Å². The maximum Gasteiger partial charge on any atom is 0.213 e. The molecule has 0 saturated heterocycles. The van der Waals surface area contributed by atoms with Crippen LogP contribution in [0, 0.1) is 0 Å². The average molecular weight is 258 g/mol. The van der Waals surface area contributed by atoms with E-state index in [1.165, 1.54) is 5.56 Å². The largest absolute Gasteiger partial charge is 0.487 e. The second kappa shape index (κ2) is 6.75. The van der Waals surface area contributed by atoms with E-state index >= 15 is 0 Å². The summed E-state index contributed by atoms with van der Waals surface area (Å²) in [4.78, 5) is 4.31. The summed E-state index contributed by atoms with van der Waals surface area (Å²) in [6.45, 7) is 1.26. The third kappa shape index (κ3) is 3.96. The molecule has 1 heterocycles. The molecule has 1 aromatic carbocycles. The Morgan fingerprint density at radius 3 is 2.79 bits per heavy atom. The summed E-state index contributed by atoms with van der Waals surface area (Å²) in [6.07, 6.45) is 0. The molecular formula is C15H18N2O2. The molecular weight excluding hydrogens is 240 g/mol. The Morgan fingerprint density at radius 1 is 1.16 bits per heavy atom. The molecule has 0 fully saturated rings. The summed E-state index contributed by atoms with van der Waals surface area (Å²) in [6, 6.07) is 13.7. The van der Waals surface area contributed by atoms with Crippen LogP contribution in [0.2, 0.25) is 0 Å². The Bertz CT molecular complexity index is 529. The van der Waals surface area contributed by atoms with Crippen LogP contribution in [0.5, 0.6) is 11.6 Å². The first-order chi connectivity index (χ1) is 9.31. The average Bonchev–Trinajstić information content (AvgIpc) is 2.46. The van der Waals surface area contributed by atoms with Crippen molar-refractivity contribution >= 4 is 0 Å². The van der Waals surface area contributed by atoms with E-state index in [0.29, 0.717) is 12.5 Å². The number of rotatable bonds is 6. The fraction of sp³-hybridized carbons (Fsp3) is 0.267. The van der Waals surface area contributed by atoms with Gasteiger partial charge in [0.05, 0.1) is 12.8 Å². The van der Waals surface area contributed by atoms with Gasteiger partial charge in [0, 0.05) is 12.6 Å². The first kappa shape index (κ1) is 13.4. The molecule has 0 aliphatic carbocycles. The molecule has 0 aliphatic heterocycles. The monoisotopic (exact) mass is 258 g/mol. The molecule has 0 spiro atoms. The van der Waals surface area contributed by atoms with Crippen LogP contribution < -0.4 is 14.8 Å². The Labute approximate surface area is 113 Å². The lowest BCUT2D eigenvalue weighted by atomic mass is 10.2. The number of aromatic nitrogens is 1. The Morgan fingerprint density at radius 2 is 2.00 bits per heavy atom. The zero-order chi connectivity index (χ0) is 13.5. The van der Waals surface area contributed by atoms with Gasteiger partial charge in [0.1, 0.15) is 12.4 Å². The fourth-order valence-electron chi connectivity index (χ4n) is 1.76. The molecule has 4 heteroatoms. The van der Waals surface area contributed by atoms with Gasteiger partial charge >= 0.3 is 0 Å². The van der Waals surface area contributed by atoms with Crippen LogP contribution in [-0.2, 0) is 13.2 Å². The van der Waals surface area contributed by atoms with Crippen molar-refractivity contribution in [2.75, 3.05) is 14.2 Å². The molecule has 0 atom stereocenters. The molecule has 0 amide bonds. The van der Waals surface area contributed by atoms with Gasteiger partial charge < -0.3 is 14.8 Å². The highest BCUT2D eigenvalue weighted by molar-refractivity contribution is 5.28. The third-order valence-corrected chi connectivity index (χ3v) is 2.66. The van der Waals surface area contributed by atoms with Gasteiger partial charge in [-0.25, -0.2) is 4.98 Å². The van der Waals surface area contributed by atoms with Gasteiger partial charge in [-0.05, 0) is 30.8 Å². The fourth-order valence-corrected chi connectivity index (χ4v) is 1.76. The lowest BCUT2D eigenvalue weighted by molar-refractivity contribution is 0.297. The van der Waals surface area contributed by atoms with Crippen molar-refractivity contribution in [3.05, 3.63) is 53.7 Å². The van der Waals surface area contributed by atoms with Crippen LogP contribution in [-0.4, -0.2) is 19.1 Å². The molecule has 2 rings (SSSR count). The normalized spacial score (nSPS) is 10.2. The Kier molecular flexibility index (Phi) is 4.75. The number of ether oxygens (including phenoxy) is 2. The van der Waals surface area contributed by atoms with E-state index in [2.05, 4.69) is 16.4 Å². The second-order valence-corrected chi connectivity index (χ2v) is 4.14. The van der Waals surface area contributed by atoms with E-state index in [0.717, 1.165) is 18.0 Å². The van der Waals surface area contributed by atoms with Crippen molar-refractivity contribution in [3.8, 4) is 11.6 Å². The summed E-state index contributed by atoms with van der Waals surface area (Å²) in [5.74, 6) is 1.45. The number of benzene rings is 1. The Hall–Kier alpha value is -2.07. The molecule has 1 aromatic heterocycles. The maximum atomic E-state index is 5.73. The van der Waals surface area contributed by atoms with Crippen molar-refractivity contribution in [3.63, 3.8) is 0 Å². The summed E-state index contributed by atoms with van der Waals surface area (Å²) in [5.41, 5.74) is 2.04. The molecule has 19 heavy (non-hydrogen) atoms. The summed E-state index contributed by atoms with van der Waals surface area (Å²) in [7, 11) is 3.53. The minimum Gasteiger partial charge on any atom is -0.487 e. The third-order valence-electron chi connectivity index (χ3n) is 2.66. The molecule has 0 aliphatic rings. The highest BCUT2D eigenvalue weighted by Crippen LogP contribution is 2.15. The maximum absolute atomic E-state index is 5.73. The number of pyridine rings is 1. The predicted octanol–water partition coefficient (Wildman–Crippen LogP) is 2.39. The smallest absolute Gasteiger partial charge is 0.213 e. The minimum atomic E-state index is 0.431. The first-order valence-electron chi connectivity index (χ1n) is 6.18. The van der Waals surface area contributed by atoms with Crippen LogP contribution in [0.25, 0.3) is 0 Å². The van der Waals surface area contributed by atoms with Crippen molar-refractivity contribution in [2.24, 2.45) is 0 Å². The first-order valence-corrected chi connectivity index (χ1v) is 6.18. The van der Waals surface area contributed by atoms with Gasteiger partial charge in [-0.1, -0.05) is 18.2 Å². The van der Waals surface area contributed by atoms with E-state index in [1.807, 2.05) is 43.4 Å². The van der Waals surface area contributed by atoms with Crippen molar-refractivity contribution < 1.29 is 9.47 Å². The lowest BCUT2D eigenvalue weighted by Crippen LogP contribution is -2.05. The van der Waals surface area contributed by atoms with E-state index < -0.39 is 0 Å². The van der Waals surface area contributed by atoms with Crippen LogP contribution in [0.1, 0.15) is 11.3 Å². The topological polar surface area (TPSA) is 43.4 Å². The molecule has 0 unspecified atom stereocenters. The van der Waals surface area contributed by atoms with E-state index in [1.54, 1.807) is 7.11 Å². The van der Waals surface area contributed by atoms with Gasteiger partial charge in [-0.2, -0.15) is 0 Å². The number of methoxy groups -OCH3 is 1. The van der Waals surface area contributed by atoms with Crippen LogP contribution in [0.3, 0.4) is 0 Å². The van der Waals surface area contributed by atoms with E-state index in [9.17, 15) is 0 Å². The highest BCUT2D eigenvalue weighted by atomic mass is 16.5. The SMILES string of the molecule is CNCc1cccc(OCc2cccc(OC)n2)c1. The van der Waals surface area contributed by atoms with Gasteiger partial charge in [0.15, 0.2) is 0 Å². The van der Waals surface area contributed by atoms with Gasteiger partial charge in [-0.3, -0.25) is 0 Å². The molecule has 0 radical (unpaired) electrons. The quantitative estimate of drug-likeness (QED) is 0.864. The number of hydrogen-bond donors (Lipinski definition) is 1. The predicted molar refractivity (Wildman–Crippen MR) is 74.3 cm³/mol. The van der Waals surface area contributed by atoms with Crippen molar-refractivity contribution in [2.45, 2.75) is 13.2 Å². The molecule has 100 valence electrons. The van der Waals surface area contributed by atoms with Crippen molar-refractivity contribution in [1.29, 1.82) is 0 Å². The minimum absolute atomic E-state index is 0.431. The lowest BCUT2D eigenvalue weighted by Gasteiger charge is -2.08. The summed E-state index contributed by atoms with van der Waals surface area (Å²) >= 11 is 0. The highest BCUT2D eigenvalue weighted by Gasteiger charge is 2.00. The Balaban J connectivity index is 1.99. The molecule has 0 saturated carbocycles. The summed E-state index contributed by atoms with van der Waals surface area (Å²) in [5, 5.41) is 3.12. The molecule has 4 nitrogen and oxygen atoms in total. The molecule has 1 N–H and O–H groups in total. The second-order valence-electron chi connectivity index (χ2n) is 4.14. The van der Waals surface area contributed by atoms with Crippen LogP contribution >= 0.6 is 0 Å². The zero-order valence-corrected chi connectivity index (χ0v) is 11.2. The summed E-state index contributed by atoms with van der Waals surface area (Å²) < 4.78 is 10.8. The standard InChI is InChI=1S/C15H18N2O2/c1-16-10-12-5-3-7-14(9-12)19-11-13-6-4-8-15(17-13)18-2/h3-9,16H,10-11H2,1-2H3. The molecule has 2 aromatic rings. The number of nitrogens with one attached hydrogen (secondary N) is 1. The van der Waals surface area contributed by atoms with Gasteiger partial charge in [0.25, 0.3) is 0 Å². The van der Waals surface area contributed by atoms with E-state index in [-0.39, 0.29) is 0 Å². The number of nitrogens with zero attached hydrogens (tertiary/aromatic N) is 1. The van der Waals surface area contributed by atoms with Crippen LogP contribution in [0.4, 0.5) is 0 Å². The van der Waals surface area contributed by atoms with Crippen molar-refractivity contribution in [1.82, 2.24) is 10.3 Å². The molecule has 0 bridgehead atoms. The van der Waals surface area contributed by atoms with Gasteiger partial charge in [-0.15, -0.1) is 0 Å². The number of hydrogen-bond acceptors (Lipinski definition) is 4.